The number of likely N-dealkylation sites (N-methyl/N-ethyl adjacent to an activating group) is 1. The zero-order valence-corrected chi connectivity index (χ0v) is 19.6. The van der Waals surface area contributed by atoms with Crippen molar-refractivity contribution in [2.75, 3.05) is 52.3 Å². The third kappa shape index (κ3) is 4.44. The Balaban J connectivity index is 1.55. The predicted octanol–water partition coefficient (Wildman–Crippen LogP) is 0.379. The fourth-order valence-electron chi connectivity index (χ4n) is 3.92. The molecule has 1 atom stereocenters. The Morgan fingerprint density at radius 3 is 2.53 bits per heavy atom. The van der Waals surface area contributed by atoms with Gasteiger partial charge in [0.05, 0.1) is 49.3 Å². The molecule has 32 heavy (non-hydrogen) atoms. The van der Waals surface area contributed by atoms with Crippen molar-refractivity contribution in [1.29, 1.82) is 0 Å². The number of hydrogen-bond donors (Lipinski definition) is 2. The summed E-state index contributed by atoms with van der Waals surface area (Å²) in [7, 11) is -0.218. The molecule has 172 valence electrons. The van der Waals surface area contributed by atoms with Gasteiger partial charge in [-0.3, -0.25) is 4.79 Å². The first-order valence-electron chi connectivity index (χ1n) is 10.3. The van der Waals surface area contributed by atoms with Crippen molar-refractivity contribution in [3.63, 3.8) is 0 Å². The minimum Gasteiger partial charge on any atom is -0.465 e. The monoisotopic (exact) mass is 480 g/mol. The van der Waals surface area contributed by atoms with Crippen LogP contribution < -0.4 is 10.2 Å². The van der Waals surface area contributed by atoms with Crippen molar-refractivity contribution in [3.8, 4) is 0 Å². The summed E-state index contributed by atoms with van der Waals surface area (Å²) in [5.74, 6) is -0.880. The fourth-order valence-corrected chi connectivity index (χ4v) is 6.67. The minimum atomic E-state index is -3.63. The highest BCUT2D eigenvalue weighted by Gasteiger charge is 2.30. The Morgan fingerprint density at radius 2 is 1.88 bits per heavy atom. The number of hydrogen-bond acceptors (Lipinski definition) is 7. The van der Waals surface area contributed by atoms with E-state index in [0.29, 0.717) is 42.4 Å². The van der Waals surface area contributed by atoms with Crippen LogP contribution in [0.2, 0.25) is 0 Å². The van der Waals surface area contributed by atoms with E-state index in [2.05, 4.69) is 12.4 Å². The van der Waals surface area contributed by atoms with E-state index in [1.807, 2.05) is 0 Å². The van der Waals surface area contributed by atoms with E-state index in [1.54, 1.807) is 0 Å². The maximum absolute atomic E-state index is 12.9. The zero-order valence-electron chi connectivity index (χ0n) is 18.0. The number of amides is 1. The highest BCUT2D eigenvalue weighted by molar-refractivity contribution is 7.89. The number of nitrogens with zero attached hydrogens (tertiary/aromatic N) is 1. The molecule has 4 rings (SSSR count). The molecule has 2 aliphatic rings. The standard InChI is InChI=1S/C21H25N3O6S2/c1-23-8-7-16-17(13-23)31-20(18(16)21(26)29-2)22-19(25)14-3-5-15(6-4-14)32(27,28)24-9-11-30-12-10-24/h3-6H,7-13H2,1-2H3,(H,22,25)/p+1. The lowest BCUT2D eigenvalue weighted by Gasteiger charge is -2.26. The number of sulfonamides is 1. The molecule has 11 heteroatoms. The molecule has 1 aromatic carbocycles. The SMILES string of the molecule is COC(=O)c1c(NC(=O)c2ccc(S(=O)(=O)N3CCOCC3)cc2)sc2c1CC[NH+](C)C2. The van der Waals surface area contributed by atoms with Crippen LogP contribution in [-0.4, -0.2) is 71.6 Å². The van der Waals surface area contributed by atoms with Crippen LogP contribution in [0.1, 0.15) is 31.2 Å². The molecule has 1 amide bonds. The van der Waals surface area contributed by atoms with Gasteiger partial charge in [-0.25, -0.2) is 13.2 Å². The number of benzene rings is 1. The average Bonchev–Trinajstić information content (AvgIpc) is 3.15. The van der Waals surface area contributed by atoms with Crippen molar-refractivity contribution < 1.29 is 32.4 Å². The highest BCUT2D eigenvalue weighted by Crippen LogP contribution is 2.35. The van der Waals surface area contributed by atoms with Gasteiger partial charge >= 0.3 is 5.97 Å². The zero-order chi connectivity index (χ0) is 22.9. The maximum Gasteiger partial charge on any atom is 0.341 e. The highest BCUT2D eigenvalue weighted by atomic mass is 32.2. The number of carbonyl (C=O) groups excluding carboxylic acids is 2. The summed E-state index contributed by atoms with van der Waals surface area (Å²) in [5.41, 5.74) is 1.66. The number of esters is 1. The number of methoxy groups -OCH3 is 1. The first-order chi connectivity index (χ1) is 15.3. The van der Waals surface area contributed by atoms with Crippen molar-refractivity contribution in [2.45, 2.75) is 17.9 Å². The quantitative estimate of drug-likeness (QED) is 0.600. The average molecular weight is 481 g/mol. The fraction of sp³-hybridized carbons (Fsp3) is 0.429. The number of nitrogens with one attached hydrogen (secondary N) is 2. The summed E-state index contributed by atoms with van der Waals surface area (Å²) >= 11 is 1.39. The first kappa shape index (κ1) is 22.9. The molecule has 1 fully saturated rings. The molecule has 0 spiro atoms. The molecule has 0 radical (unpaired) electrons. The summed E-state index contributed by atoms with van der Waals surface area (Å²) < 4.78 is 37.1. The molecule has 1 unspecified atom stereocenters. The van der Waals surface area contributed by atoms with Gasteiger partial charge in [-0.15, -0.1) is 11.3 Å². The van der Waals surface area contributed by atoms with Gasteiger partial charge in [0.1, 0.15) is 11.5 Å². The van der Waals surface area contributed by atoms with Crippen LogP contribution in [0, 0.1) is 0 Å². The molecule has 1 saturated heterocycles. The summed E-state index contributed by atoms with van der Waals surface area (Å²) in [6, 6.07) is 5.81. The van der Waals surface area contributed by atoms with E-state index < -0.39 is 21.9 Å². The molecule has 1 aromatic heterocycles. The van der Waals surface area contributed by atoms with Crippen molar-refractivity contribution in [3.05, 3.63) is 45.8 Å². The largest absolute Gasteiger partial charge is 0.465 e. The number of carbonyl (C=O) groups is 2. The van der Waals surface area contributed by atoms with Gasteiger partial charge < -0.3 is 19.7 Å². The number of ether oxygens (including phenoxy) is 2. The van der Waals surface area contributed by atoms with Crippen LogP contribution >= 0.6 is 11.3 Å². The summed E-state index contributed by atoms with van der Waals surface area (Å²) in [6.07, 6.45) is 0.742. The van der Waals surface area contributed by atoms with Crippen LogP contribution in [0.4, 0.5) is 5.00 Å². The topological polar surface area (TPSA) is 106 Å². The lowest BCUT2D eigenvalue weighted by Crippen LogP contribution is -3.08. The van der Waals surface area contributed by atoms with Gasteiger partial charge in [-0.2, -0.15) is 4.31 Å². The number of morpholine rings is 1. The number of fused-ring (bicyclic) bond motifs is 1. The van der Waals surface area contributed by atoms with Gasteiger partial charge in [-0.1, -0.05) is 0 Å². The Kier molecular flexibility index (Phi) is 6.63. The van der Waals surface area contributed by atoms with Gasteiger partial charge in [-0.05, 0) is 29.8 Å². The molecule has 0 bridgehead atoms. The van der Waals surface area contributed by atoms with Crippen molar-refractivity contribution in [1.82, 2.24) is 4.31 Å². The second-order valence-corrected chi connectivity index (χ2v) is 10.9. The minimum absolute atomic E-state index is 0.129. The number of anilines is 1. The van der Waals surface area contributed by atoms with Gasteiger partial charge in [0, 0.05) is 25.1 Å². The molecule has 0 saturated carbocycles. The molecule has 2 aromatic rings. The Labute approximate surface area is 191 Å². The molecule has 9 nitrogen and oxygen atoms in total. The molecular formula is C21H26N3O6S2+. The van der Waals surface area contributed by atoms with E-state index in [9.17, 15) is 18.0 Å². The van der Waals surface area contributed by atoms with E-state index in [0.717, 1.165) is 30.0 Å². The van der Waals surface area contributed by atoms with Crippen LogP contribution in [0.15, 0.2) is 29.2 Å². The first-order valence-corrected chi connectivity index (χ1v) is 12.6. The molecular weight excluding hydrogens is 454 g/mol. The molecule has 0 aliphatic carbocycles. The summed E-state index contributed by atoms with van der Waals surface area (Å²) in [4.78, 5) is 27.8. The van der Waals surface area contributed by atoms with Gasteiger partial charge in [0.15, 0.2) is 0 Å². The second-order valence-electron chi connectivity index (χ2n) is 7.83. The predicted molar refractivity (Wildman–Crippen MR) is 119 cm³/mol. The lowest BCUT2D eigenvalue weighted by molar-refractivity contribution is -0.895. The van der Waals surface area contributed by atoms with E-state index in [-0.39, 0.29) is 4.90 Å². The Morgan fingerprint density at radius 1 is 1.19 bits per heavy atom. The third-order valence-corrected chi connectivity index (χ3v) is 8.76. The number of quaternary nitrogens is 1. The smallest absolute Gasteiger partial charge is 0.341 e. The van der Waals surface area contributed by atoms with Crippen LogP contribution in [0.3, 0.4) is 0 Å². The van der Waals surface area contributed by atoms with Crippen LogP contribution in [0.5, 0.6) is 0 Å². The lowest BCUT2D eigenvalue weighted by atomic mass is 10.0. The molecule has 3 heterocycles. The Hall–Kier alpha value is -2.31. The third-order valence-electron chi connectivity index (χ3n) is 5.70. The maximum atomic E-state index is 12.9. The van der Waals surface area contributed by atoms with Crippen molar-refractivity contribution in [2.24, 2.45) is 0 Å². The van der Waals surface area contributed by atoms with Crippen LogP contribution in [-0.2, 0) is 32.5 Å². The van der Waals surface area contributed by atoms with E-state index >= 15 is 0 Å². The summed E-state index contributed by atoms with van der Waals surface area (Å²) in [6.45, 7) is 3.03. The normalized spacial score (nSPS) is 19.2. The number of rotatable bonds is 5. The summed E-state index contributed by atoms with van der Waals surface area (Å²) in [5, 5.41) is 3.29. The second kappa shape index (κ2) is 9.28. The number of thiophene rings is 1. The van der Waals surface area contributed by atoms with Gasteiger partial charge in [0.2, 0.25) is 10.0 Å². The molecule has 2 N–H and O–H groups in total. The van der Waals surface area contributed by atoms with E-state index in [4.69, 9.17) is 9.47 Å². The Bertz CT molecular complexity index is 1120. The van der Waals surface area contributed by atoms with Gasteiger partial charge in [0.25, 0.3) is 5.91 Å². The van der Waals surface area contributed by atoms with E-state index in [1.165, 1.54) is 51.9 Å². The van der Waals surface area contributed by atoms with Crippen LogP contribution in [0.25, 0.3) is 0 Å². The van der Waals surface area contributed by atoms with Crippen molar-refractivity contribution >= 4 is 38.2 Å². The molecule has 2 aliphatic heterocycles.